The Morgan fingerprint density at radius 2 is 2.02 bits per heavy atom. The fraction of sp³-hybridized carbons (Fsp3) is 0.440. The number of rotatable bonds is 8. The lowest BCUT2D eigenvalue weighted by molar-refractivity contribution is -0.363. The number of aliphatic hydroxyl groups is 1. The van der Waals surface area contributed by atoms with E-state index in [0.717, 1.165) is 13.5 Å². The van der Waals surface area contributed by atoms with Crippen LogP contribution >= 0.6 is 7.82 Å². The second-order valence-corrected chi connectivity index (χ2v) is 12.0. The first-order chi connectivity index (χ1) is 19.6. The van der Waals surface area contributed by atoms with Gasteiger partial charge in [0, 0.05) is 48.9 Å². The number of carbonyl (C=O) groups is 1. The molecule has 2 aromatic rings. The van der Waals surface area contributed by atoms with E-state index in [4.69, 9.17) is 14.5 Å². The molecule has 17 heteroatoms. The van der Waals surface area contributed by atoms with Gasteiger partial charge in [-0.25, -0.2) is 9.36 Å². The van der Waals surface area contributed by atoms with E-state index in [0.29, 0.717) is 39.5 Å². The monoisotopic (exact) mass is 609 g/mol. The molecule has 3 aliphatic heterocycles. The number of ether oxygens (including phenoxy) is 1. The Balaban J connectivity index is 1.30. The summed E-state index contributed by atoms with van der Waals surface area (Å²) in [7, 11) is -4.77. The number of anilines is 1. The van der Waals surface area contributed by atoms with E-state index in [1.54, 1.807) is 39.8 Å². The van der Waals surface area contributed by atoms with Gasteiger partial charge >= 0.3 is 20.5 Å². The number of aryl methyl sites for hydroxylation is 2. The second kappa shape index (κ2) is 10.8. The Morgan fingerprint density at radius 3 is 2.69 bits per heavy atom. The predicted molar refractivity (Wildman–Crippen MR) is 148 cm³/mol. The van der Waals surface area contributed by atoms with Gasteiger partial charge in [0.15, 0.2) is 5.70 Å². The third kappa shape index (κ3) is 5.45. The van der Waals surface area contributed by atoms with Crippen molar-refractivity contribution in [1.29, 1.82) is 0 Å². The van der Waals surface area contributed by atoms with E-state index in [2.05, 4.69) is 14.8 Å². The topological polar surface area (TPSA) is 168 Å². The molecule has 5 rings (SSSR count). The summed E-state index contributed by atoms with van der Waals surface area (Å²) in [6.45, 7) is 2.11. The van der Waals surface area contributed by atoms with Gasteiger partial charge < -0.3 is 42.5 Å². The number of nitrogens with one attached hydrogen (secondary N) is 1. The molecule has 0 radical (unpaired) electrons. The zero-order valence-electron chi connectivity index (χ0n) is 23.3. The lowest BCUT2D eigenvalue weighted by Gasteiger charge is -2.34. The molecule has 1 saturated heterocycles. The summed E-state index contributed by atoms with van der Waals surface area (Å²) in [5.41, 5.74) is 2.88. The molecule has 226 valence electrons. The van der Waals surface area contributed by atoms with Gasteiger partial charge in [-0.05, 0) is 50.6 Å². The van der Waals surface area contributed by atoms with Gasteiger partial charge in [0.2, 0.25) is 5.91 Å². The Bertz CT molecular complexity index is 1680. The molecule has 1 amide bonds. The molecule has 3 atom stereocenters. The Hall–Kier alpha value is -3.27. The van der Waals surface area contributed by atoms with E-state index in [-0.39, 0.29) is 25.1 Å². The van der Waals surface area contributed by atoms with Gasteiger partial charge in [-0.1, -0.05) is 0 Å². The molecule has 1 fully saturated rings. The summed E-state index contributed by atoms with van der Waals surface area (Å²) in [6, 6.07) is 3.07. The van der Waals surface area contributed by atoms with Gasteiger partial charge in [0.25, 0.3) is 0 Å². The van der Waals surface area contributed by atoms with Gasteiger partial charge in [0.05, 0.1) is 12.7 Å². The minimum atomic E-state index is -4.77. The normalized spacial score (nSPS) is 23.3. The number of phosphoric ester groups is 1. The zero-order valence-corrected chi connectivity index (χ0v) is 24.2. The Kier molecular flexibility index (Phi) is 7.75. The summed E-state index contributed by atoms with van der Waals surface area (Å²) < 4.78 is 55.4. The summed E-state index contributed by atoms with van der Waals surface area (Å²) in [5.74, 6) is -0.507. The molecular weight excluding hydrogens is 578 g/mol. The number of aliphatic hydroxyl groups excluding tert-OH is 1. The number of carbonyl (C=O) groups excluding carboxylic acids is 1. The average molecular weight is 609 g/mol. The van der Waals surface area contributed by atoms with Crippen molar-refractivity contribution in [1.82, 2.24) is 14.0 Å². The van der Waals surface area contributed by atoms with Crippen LogP contribution in [0.1, 0.15) is 56.3 Å². The Morgan fingerprint density at radius 1 is 1.31 bits per heavy atom. The fourth-order valence-corrected chi connectivity index (χ4v) is 6.36. The highest BCUT2D eigenvalue weighted by Crippen LogP contribution is 2.43. The molecule has 0 bridgehead atoms. The maximum atomic E-state index is 15.7. The molecule has 13 nitrogen and oxygen atoms in total. The summed E-state index contributed by atoms with van der Waals surface area (Å²) in [6.07, 6.45) is -0.122. The average Bonchev–Trinajstić information content (AvgIpc) is 3.50. The van der Waals surface area contributed by atoms with Crippen LogP contribution in [-0.4, -0.2) is 70.8 Å². The summed E-state index contributed by atoms with van der Waals surface area (Å²) in [5, 5.41) is 12.7. The summed E-state index contributed by atoms with van der Waals surface area (Å²) >= 11 is 0. The first kappa shape index (κ1) is 30.2. The van der Waals surface area contributed by atoms with E-state index in [1.165, 1.54) is 12.3 Å². The highest BCUT2D eigenvalue weighted by Gasteiger charge is 2.54. The molecule has 0 aliphatic carbocycles. The number of fused-ring (bicyclic) bond motifs is 2. The molecule has 0 saturated carbocycles. The zero-order chi connectivity index (χ0) is 30.7. The van der Waals surface area contributed by atoms with Crippen LogP contribution in [0, 0.1) is 13.8 Å². The van der Waals surface area contributed by atoms with Crippen molar-refractivity contribution >= 4 is 37.8 Å². The van der Waals surface area contributed by atoms with Crippen LogP contribution in [0.2, 0.25) is 0 Å². The van der Waals surface area contributed by atoms with Crippen molar-refractivity contribution in [3.05, 3.63) is 63.1 Å². The highest BCUT2D eigenvalue weighted by molar-refractivity contribution is 7.46. The smallest absolute Gasteiger partial charge is 0.394 e. The SMILES string of the molecule is CC1=CC(C)=[N+]2C1=C(CCC(=O)Nc1ccn([C@H]3C[C@H](O)[C@@H](COP(=O)(O)O)O3)c(=O)n1)c1c(C)cc(C)n1[B-]2(F)F. The molecule has 3 aliphatic rings. The molecule has 0 unspecified atom stereocenters. The standard InChI is InChI=1S/C25H31BF2N5O8P/c1-13-9-15(3)32-23(13)17(24-14(2)10-16(4)33(24)26(32,27)28)5-6-21(35)29-20-7-8-31(25(36)30-20)22-11-18(34)19(41-22)12-40-42(37,38)39/h7-10,18-19,22,34H,5-6,11-12H2,1-4H3,(H2,37,38,39)(H,29,30,35,36)/t18-,19+,22+/m0/s1. The number of hydrogen-bond donors (Lipinski definition) is 4. The number of halogens is 2. The van der Waals surface area contributed by atoms with Crippen LogP contribution in [0.15, 0.2) is 40.5 Å². The summed E-state index contributed by atoms with van der Waals surface area (Å²) in [4.78, 5) is 47.2. The fourth-order valence-electron chi connectivity index (χ4n) is 6.02. The lowest BCUT2D eigenvalue weighted by atomic mass is 9.84. The Labute approximate surface area is 239 Å². The molecule has 0 spiro atoms. The maximum Gasteiger partial charge on any atom is 0.737 e. The number of allylic oxidation sites excluding steroid dienone is 3. The minimum Gasteiger partial charge on any atom is -0.394 e. The predicted octanol–water partition coefficient (Wildman–Crippen LogP) is 2.22. The van der Waals surface area contributed by atoms with E-state index in [1.807, 2.05) is 0 Å². The number of aromatic nitrogens is 3. The van der Waals surface area contributed by atoms with Crippen LogP contribution in [-0.2, 0) is 18.6 Å². The second-order valence-electron chi connectivity index (χ2n) is 10.7. The van der Waals surface area contributed by atoms with Crippen molar-refractivity contribution < 1.29 is 46.6 Å². The molecule has 42 heavy (non-hydrogen) atoms. The van der Waals surface area contributed by atoms with Crippen LogP contribution in [0.4, 0.5) is 14.4 Å². The van der Waals surface area contributed by atoms with Crippen molar-refractivity contribution in [3.63, 3.8) is 0 Å². The van der Waals surface area contributed by atoms with Gasteiger partial charge in [-0.2, -0.15) is 4.98 Å². The number of nitrogens with zero attached hydrogens (tertiary/aromatic N) is 4. The van der Waals surface area contributed by atoms with E-state index >= 15 is 8.63 Å². The molecule has 0 aromatic carbocycles. The molecule has 4 N–H and O–H groups in total. The third-order valence-corrected chi connectivity index (χ3v) is 8.14. The van der Waals surface area contributed by atoms with Crippen LogP contribution < -0.4 is 11.0 Å². The van der Waals surface area contributed by atoms with E-state index < -0.39 is 51.4 Å². The quantitative estimate of drug-likeness (QED) is 0.259. The molecule has 5 heterocycles. The number of amides is 1. The van der Waals surface area contributed by atoms with Crippen molar-refractivity contribution in [3.8, 4) is 0 Å². The van der Waals surface area contributed by atoms with Crippen molar-refractivity contribution in [2.75, 3.05) is 11.9 Å². The third-order valence-electron chi connectivity index (χ3n) is 7.65. The van der Waals surface area contributed by atoms with Crippen LogP contribution in [0.5, 0.6) is 0 Å². The van der Waals surface area contributed by atoms with Gasteiger partial charge in [0.1, 0.15) is 23.9 Å². The number of hydrogen-bond acceptors (Lipinski definition) is 7. The van der Waals surface area contributed by atoms with E-state index in [9.17, 15) is 19.3 Å². The first-order valence-corrected chi connectivity index (χ1v) is 14.8. The maximum absolute atomic E-state index is 15.7. The van der Waals surface area contributed by atoms with Crippen LogP contribution in [0.25, 0.3) is 5.57 Å². The highest BCUT2D eigenvalue weighted by atomic mass is 31.2. The first-order valence-electron chi connectivity index (χ1n) is 13.3. The number of phosphoric acid groups is 1. The minimum absolute atomic E-state index is 0.0320. The largest absolute Gasteiger partial charge is 0.737 e. The lowest BCUT2D eigenvalue weighted by Crippen LogP contribution is -2.51. The van der Waals surface area contributed by atoms with Gasteiger partial charge in [-0.15, -0.1) is 0 Å². The molecule has 2 aromatic heterocycles. The van der Waals surface area contributed by atoms with Crippen molar-refractivity contribution in [2.45, 2.75) is 65.4 Å². The molecular formula is C25H31BF2N5O8P. The van der Waals surface area contributed by atoms with Crippen molar-refractivity contribution in [2.24, 2.45) is 0 Å². The van der Waals surface area contributed by atoms with Gasteiger partial charge in [-0.3, -0.25) is 13.9 Å². The van der Waals surface area contributed by atoms with Crippen LogP contribution in [0.3, 0.4) is 0 Å².